The SMILES string of the molecule is CC(C)COc1cccc(B2OC(C)(C)C(C)(C)O2)c1F. The summed E-state index contributed by atoms with van der Waals surface area (Å²) < 4.78 is 31.9. The Bertz CT molecular complexity index is 498. The lowest BCUT2D eigenvalue weighted by Gasteiger charge is -2.32. The first-order valence-corrected chi connectivity index (χ1v) is 7.41. The van der Waals surface area contributed by atoms with E-state index in [0.29, 0.717) is 18.0 Å². The van der Waals surface area contributed by atoms with Crippen LogP contribution in [0.2, 0.25) is 0 Å². The summed E-state index contributed by atoms with van der Waals surface area (Å²) in [7, 11) is -0.711. The van der Waals surface area contributed by atoms with Gasteiger partial charge >= 0.3 is 7.12 Å². The van der Waals surface area contributed by atoms with Crippen LogP contribution in [0.1, 0.15) is 41.5 Å². The third-order valence-electron chi connectivity index (χ3n) is 4.07. The lowest BCUT2D eigenvalue weighted by molar-refractivity contribution is 0.00578. The van der Waals surface area contributed by atoms with Gasteiger partial charge in [0.1, 0.15) is 0 Å². The molecule has 0 N–H and O–H groups in total. The third kappa shape index (κ3) is 3.24. The maximum atomic E-state index is 14.6. The molecular formula is C16H24BFO3. The monoisotopic (exact) mass is 294 g/mol. The second-order valence-electron chi connectivity index (χ2n) is 6.95. The summed E-state index contributed by atoms with van der Waals surface area (Å²) in [6, 6.07) is 5.07. The van der Waals surface area contributed by atoms with Crippen LogP contribution >= 0.6 is 0 Å². The van der Waals surface area contributed by atoms with Gasteiger partial charge in [-0.25, -0.2) is 4.39 Å². The van der Waals surface area contributed by atoms with Gasteiger partial charge in [0.05, 0.1) is 17.8 Å². The lowest BCUT2D eigenvalue weighted by Crippen LogP contribution is -2.41. The zero-order chi connectivity index (χ0) is 15.8. The molecule has 3 nitrogen and oxygen atoms in total. The summed E-state index contributed by atoms with van der Waals surface area (Å²) in [5, 5.41) is 0. The largest absolute Gasteiger partial charge is 0.497 e. The first-order chi connectivity index (χ1) is 9.64. The van der Waals surface area contributed by atoms with Crippen LogP contribution < -0.4 is 10.2 Å². The maximum Gasteiger partial charge on any atom is 0.497 e. The summed E-state index contributed by atoms with van der Waals surface area (Å²) in [6.07, 6.45) is 0. The van der Waals surface area contributed by atoms with Crippen LogP contribution in [0.15, 0.2) is 18.2 Å². The molecule has 0 saturated carbocycles. The molecule has 0 unspecified atom stereocenters. The highest BCUT2D eigenvalue weighted by Gasteiger charge is 2.52. The van der Waals surface area contributed by atoms with E-state index in [4.69, 9.17) is 14.0 Å². The molecule has 0 aliphatic carbocycles. The molecule has 1 aliphatic rings. The molecule has 1 heterocycles. The summed E-state index contributed by atoms with van der Waals surface area (Å²) in [4.78, 5) is 0. The van der Waals surface area contributed by atoms with Gasteiger partial charge in [0.25, 0.3) is 0 Å². The van der Waals surface area contributed by atoms with Gasteiger partial charge in [0, 0.05) is 5.46 Å². The van der Waals surface area contributed by atoms with Gasteiger partial charge in [0.15, 0.2) is 11.6 Å². The van der Waals surface area contributed by atoms with Crippen LogP contribution in [0.25, 0.3) is 0 Å². The maximum absolute atomic E-state index is 14.6. The van der Waals surface area contributed by atoms with Crippen molar-refractivity contribution in [3.63, 3.8) is 0 Å². The third-order valence-corrected chi connectivity index (χ3v) is 4.07. The number of benzene rings is 1. The van der Waals surface area contributed by atoms with Crippen LogP contribution in [0.5, 0.6) is 5.75 Å². The Morgan fingerprint density at radius 1 is 1.14 bits per heavy atom. The van der Waals surface area contributed by atoms with Crippen molar-refractivity contribution >= 4 is 12.6 Å². The van der Waals surface area contributed by atoms with Gasteiger partial charge in [-0.15, -0.1) is 0 Å². The summed E-state index contributed by atoms with van der Waals surface area (Å²) >= 11 is 0. The Hall–Kier alpha value is -1.07. The average molecular weight is 294 g/mol. The number of rotatable bonds is 4. The average Bonchev–Trinajstić information content (AvgIpc) is 2.57. The van der Waals surface area contributed by atoms with E-state index in [1.165, 1.54) is 0 Å². The smallest absolute Gasteiger partial charge is 0.490 e. The van der Waals surface area contributed by atoms with Gasteiger partial charge in [-0.3, -0.25) is 0 Å². The lowest BCUT2D eigenvalue weighted by atomic mass is 9.78. The quantitative estimate of drug-likeness (QED) is 0.798. The van der Waals surface area contributed by atoms with E-state index in [0.717, 1.165) is 0 Å². The van der Waals surface area contributed by atoms with E-state index >= 15 is 0 Å². The molecule has 1 aromatic rings. The van der Waals surface area contributed by atoms with Gasteiger partial charge in [-0.05, 0) is 39.7 Å². The molecule has 1 aromatic carbocycles. The molecule has 5 heteroatoms. The van der Waals surface area contributed by atoms with Crippen molar-refractivity contribution in [2.24, 2.45) is 5.92 Å². The van der Waals surface area contributed by atoms with E-state index in [2.05, 4.69) is 0 Å². The Morgan fingerprint density at radius 2 is 1.71 bits per heavy atom. The summed E-state index contributed by atoms with van der Waals surface area (Å²) in [5.41, 5.74) is -0.590. The fourth-order valence-corrected chi connectivity index (χ4v) is 2.05. The zero-order valence-electron chi connectivity index (χ0n) is 13.7. The zero-order valence-corrected chi connectivity index (χ0v) is 13.7. The Kier molecular flexibility index (Phi) is 4.36. The molecule has 21 heavy (non-hydrogen) atoms. The van der Waals surface area contributed by atoms with Gasteiger partial charge in [0.2, 0.25) is 0 Å². The molecule has 0 bridgehead atoms. The molecule has 0 atom stereocenters. The van der Waals surface area contributed by atoms with Crippen molar-refractivity contribution in [3.8, 4) is 5.75 Å². The fourth-order valence-electron chi connectivity index (χ4n) is 2.05. The Labute approximate surface area is 126 Å². The normalized spacial score (nSPS) is 20.1. The predicted octanol–water partition coefficient (Wildman–Crippen LogP) is 3.16. The number of hydrogen-bond acceptors (Lipinski definition) is 3. The summed E-state index contributed by atoms with van der Waals surface area (Å²) in [5.74, 6) is 0.178. The highest BCUT2D eigenvalue weighted by molar-refractivity contribution is 6.62. The van der Waals surface area contributed by atoms with E-state index in [-0.39, 0.29) is 5.75 Å². The molecule has 2 rings (SSSR count). The van der Waals surface area contributed by atoms with Gasteiger partial charge in [-0.2, -0.15) is 0 Å². The number of ether oxygens (including phenoxy) is 1. The molecule has 0 radical (unpaired) electrons. The van der Waals surface area contributed by atoms with Crippen molar-refractivity contribution < 1.29 is 18.4 Å². The molecule has 1 aliphatic heterocycles. The minimum absolute atomic E-state index is 0.246. The van der Waals surface area contributed by atoms with Gasteiger partial charge < -0.3 is 14.0 Å². The Balaban J connectivity index is 2.24. The molecule has 0 amide bonds. The van der Waals surface area contributed by atoms with Crippen molar-refractivity contribution in [2.75, 3.05) is 6.61 Å². The molecule has 1 saturated heterocycles. The molecule has 1 fully saturated rings. The van der Waals surface area contributed by atoms with E-state index in [1.54, 1.807) is 18.2 Å². The fraction of sp³-hybridized carbons (Fsp3) is 0.625. The first kappa shape index (κ1) is 16.3. The van der Waals surface area contributed by atoms with Crippen LogP contribution in [-0.4, -0.2) is 24.9 Å². The van der Waals surface area contributed by atoms with Gasteiger partial charge in [-0.1, -0.05) is 26.0 Å². The van der Waals surface area contributed by atoms with Crippen LogP contribution in [0.4, 0.5) is 4.39 Å². The van der Waals surface area contributed by atoms with Crippen molar-refractivity contribution in [1.82, 2.24) is 0 Å². The topological polar surface area (TPSA) is 27.7 Å². The predicted molar refractivity (Wildman–Crippen MR) is 82.4 cm³/mol. The van der Waals surface area contributed by atoms with Crippen LogP contribution in [-0.2, 0) is 9.31 Å². The van der Waals surface area contributed by atoms with Crippen molar-refractivity contribution in [1.29, 1.82) is 0 Å². The highest BCUT2D eigenvalue weighted by Crippen LogP contribution is 2.37. The summed E-state index contributed by atoms with van der Waals surface area (Å²) in [6.45, 7) is 12.3. The molecule has 0 aromatic heterocycles. The number of hydrogen-bond donors (Lipinski definition) is 0. The second kappa shape index (κ2) is 5.62. The standard InChI is InChI=1S/C16H24BFO3/c1-11(2)10-19-13-9-7-8-12(14(13)18)17-20-15(3,4)16(5,6)21-17/h7-9,11H,10H2,1-6H3. The van der Waals surface area contributed by atoms with Crippen LogP contribution in [0, 0.1) is 11.7 Å². The minimum Gasteiger partial charge on any atom is -0.490 e. The highest BCUT2D eigenvalue weighted by atomic mass is 19.1. The molecule has 116 valence electrons. The number of halogens is 1. The minimum atomic E-state index is -0.711. The van der Waals surface area contributed by atoms with E-state index in [9.17, 15) is 4.39 Å². The molecule has 0 spiro atoms. The first-order valence-electron chi connectivity index (χ1n) is 7.41. The second-order valence-corrected chi connectivity index (χ2v) is 6.95. The molecular weight excluding hydrogens is 270 g/mol. The van der Waals surface area contributed by atoms with Crippen molar-refractivity contribution in [3.05, 3.63) is 24.0 Å². The Morgan fingerprint density at radius 3 is 2.24 bits per heavy atom. The van der Waals surface area contributed by atoms with Crippen LogP contribution in [0.3, 0.4) is 0 Å². The van der Waals surface area contributed by atoms with Crippen molar-refractivity contribution in [2.45, 2.75) is 52.7 Å². The van der Waals surface area contributed by atoms with E-state index < -0.39 is 24.1 Å². The van der Waals surface area contributed by atoms with E-state index in [1.807, 2.05) is 41.5 Å².